The van der Waals surface area contributed by atoms with E-state index in [0.29, 0.717) is 6.04 Å². The summed E-state index contributed by atoms with van der Waals surface area (Å²) in [5.74, 6) is 0. The molecule has 0 bridgehead atoms. The highest BCUT2D eigenvalue weighted by Gasteiger charge is 1.99. The van der Waals surface area contributed by atoms with Crippen LogP contribution in [0.5, 0.6) is 0 Å². The Kier molecular flexibility index (Phi) is 25.7. The molecule has 0 aliphatic carbocycles. The van der Waals surface area contributed by atoms with Crippen molar-refractivity contribution >= 4 is 0 Å². The predicted molar refractivity (Wildman–Crippen MR) is 65.4 cm³/mol. The zero-order chi connectivity index (χ0) is 11.3. The summed E-state index contributed by atoms with van der Waals surface area (Å²) in [4.78, 5) is 2.38. The summed E-state index contributed by atoms with van der Waals surface area (Å²) in [6.45, 7) is 15.9. The maximum atomic E-state index is 2.38. The van der Waals surface area contributed by atoms with E-state index in [1.807, 2.05) is 27.7 Å². The molecule has 0 aromatic heterocycles. The monoisotopic (exact) mass is 189 g/mol. The summed E-state index contributed by atoms with van der Waals surface area (Å²) in [5, 5.41) is 0. The third kappa shape index (κ3) is 18.7. The first-order valence-corrected chi connectivity index (χ1v) is 5.88. The lowest BCUT2D eigenvalue weighted by Crippen LogP contribution is -2.26. The standard InChI is InChI=1S/C8H19N.2C2H6/c1-5-6-7-9(4)8(2)3;2*1-2/h8H,5-7H2,1-4H3;2*1-2H3. The molecular formula is C12H31N. The fourth-order valence-electron chi connectivity index (χ4n) is 0.666. The van der Waals surface area contributed by atoms with Gasteiger partial charge in [0.2, 0.25) is 0 Å². The second-order valence-electron chi connectivity index (χ2n) is 2.93. The Morgan fingerprint density at radius 1 is 1.00 bits per heavy atom. The van der Waals surface area contributed by atoms with Crippen LogP contribution in [0.15, 0.2) is 0 Å². The summed E-state index contributed by atoms with van der Waals surface area (Å²) in [6.07, 6.45) is 2.63. The van der Waals surface area contributed by atoms with Gasteiger partial charge in [-0.2, -0.15) is 0 Å². The molecule has 0 aliphatic heterocycles. The Morgan fingerprint density at radius 3 is 1.62 bits per heavy atom. The van der Waals surface area contributed by atoms with Gasteiger partial charge < -0.3 is 4.90 Å². The van der Waals surface area contributed by atoms with Crippen LogP contribution in [0.4, 0.5) is 0 Å². The van der Waals surface area contributed by atoms with Crippen LogP contribution in [-0.4, -0.2) is 24.5 Å². The molecule has 1 nitrogen and oxygen atoms in total. The Morgan fingerprint density at radius 2 is 1.38 bits per heavy atom. The van der Waals surface area contributed by atoms with E-state index in [1.165, 1.54) is 19.4 Å². The van der Waals surface area contributed by atoms with E-state index >= 15 is 0 Å². The van der Waals surface area contributed by atoms with Crippen LogP contribution in [0.3, 0.4) is 0 Å². The van der Waals surface area contributed by atoms with E-state index in [1.54, 1.807) is 0 Å². The molecule has 0 saturated heterocycles. The van der Waals surface area contributed by atoms with Crippen molar-refractivity contribution < 1.29 is 0 Å². The zero-order valence-electron chi connectivity index (χ0n) is 11.1. The molecule has 13 heavy (non-hydrogen) atoms. The summed E-state index contributed by atoms with van der Waals surface area (Å²) >= 11 is 0. The van der Waals surface area contributed by atoms with Gasteiger partial charge in [0.05, 0.1) is 0 Å². The molecule has 0 aliphatic rings. The average molecular weight is 189 g/mol. The largest absolute Gasteiger partial charge is 0.304 e. The minimum Gasteiger partial charge on any atom is -0.304 e. The molecule has 0 fully saturated rings. The lowest BCUT2D eigenvalue weighted by molar-refractivity contribution is 0.270. The summed E-state index contributed by atoms with van der Waals surface area (Å²) < 4.78 is 0. The molecule has 84 valence electrons. The fraction of sp³-hybridized carbons (Fsp3) is 1.00. The topological polar surface area (TPSA) is 3.24 Å². The maximum Gasteiger partial charge on any atom is 0.00355 e. The molecule has 0 spiro atoms. The summed E-state index contributed by atoms with van der Waals surface area (Å²) in [5.41, 5.74) is 0. The van der Waals surface area contributed by atoms with Crippen LogP contribution >= 0.6 is 0 Å². The van der Waals surface area contributed by atoms with E-state index in [2.05, 4.69) is 32.7 Å². The first-order valence-electron chi connectivity index (χ1n) is 5.88. The molecule has 0 radical (unpaired) electrons. The average Bonchev–Trinajstić information content (AvgIpc) is 2.20. The molecular weight excluding hydrogens is 158 g/mol. The van der Waals surface area contributed by atoms with E-state index < -0.39 is 0 Å². The van der Waals surface area contributed by atoms with E-state index in [-0.39, 0.29) is 0 Å². The van der Waals surface area contributed by atoms with Gasteiger partial charge in [-0.15, -0.1) is 0 Å². The van der Waals surface area contributed by atoms with Gasteiger partial charge in [-0.25, -0.2) is 0 Å². The van der Waals surface area contributed by atoms with Gasteiger partial charge in [0.15, 0.2) is 0 Å². The van der Waals surface area contributed by atoms with Crippen molar-refractivity contribution in [2.75, 3.05) is 13.6 Å². The lowest BCUT2D eigenvalue weighted by atomic mass is 10.3. The van der Waals surface area contributed by atoms with Crippen LogP contribution in [0.2, 0.25) is 0 Å². The number of hydrogen-bond acceptors (Lipinski definition) is 1. The Hall–Kier alpha value is -0.0400. The smallest absolute Gasteiger partial charge is 0.00355 e. The van der Waals surface area contributed by atoms with Crippen LogP contribution < -0.4 is 0 Å². The molecule has 0 amide bonds. The molecule has 0 rings (SSSR count). The van der Waals surface area contributed by atoms with Gasteiger partial charge in [0.1, 0.15) is 0 Å². The van der Waals surface area contributed by atoms with E-state index in [0.717, 1.165) is 0 Å². The van der Waals surface area contributed by atoms with Crippen molar-refractivity contribution in [3.05, 3.63) is 0 Å². The molecule has 0 unspecified atom stereocenters. The minimum absolute atomic E-state index is 0.705. The Balaban J connectivity index is -0.000000218. The normalized spacial score (nSPS) is 8.77. The van der Waals surface area contributed by atoms with Crippen molar-refractivity contribution in [2.45, 2.75) is 67.3 Å². The van der Waals surface area contributed by atoms with Crippen molar-refractivity contribution in [1.82, 2.24) is 4.90 Å². The number of rotatable bonds is 4. The van der Waals surface area contributed by atoms with Gasteiger partial charge in [-0.3, -0.25) is 0 Å². The van der Waals surface area contributed by atoms with Gasteiger partial charge in [0.25, 0.3) is 0 Å². The SMILES string of the molecule is CC.CC.CCCCN(C)C(C)C. The fourth-order valence-corrected chi connectivity index (χ4v) is 0.666. The van der Waals surface area contributed by atoms with Gasteiger partial charge in [-0.05, 0) is 33.9 Å². The molecule has 0 N–H and O–H groups in total. The van der Waals surface area contributed by atoms with Crippen LogP contribution in [0.1, 0.15) is 61.3 Å². The highest BCUT2D eigenvalue weighted by Crippen LogP contribution is 1.96. The molecule has 0 heterocycles. The van der Waals surface area contributed by atoms with E-state index in [9.17, 15) is 0 Å². The van der Waals surface area contributed by atoms with Crippen molar-refractivity contribution in [1.29, 1.82) is 0 Å². The second kappa shape index (κ2) is 17.9. The maximum absolute atomic E-state index is 2.38. The van der Waals surface area contributed by atoms with Crippen molar-refractivity contribution in [3.63, 3.8) is 0 Å². The first-order chi connectivity index (χ1) is 6.18. The van der Waals surface area contributed by atoms with Crippen LogP contribution in [0, 0.1) is 0 Å². The summed E-state index contributed by atoms with van der Waals surface area (Å²) in [6, 6.07) is 0.705. The molecule has 0 atom stereocenters. The molecule has 1 heteroatoms. The van der Waals surface area contributed by atoms with Crippen molar-refractivity contribution in [2.24, 2.45) is 0 Å². The van der Waals surface area contributed by atoms with Crippen LogP contribution in [-0.2, 0) is 0 Å². The molecule has 0 aromatic carbocycles. The van der Waals surface area contributed by atoms with Crippen LogP contribution in [0.25, 0.3) is 0 Å². The van der Waals surface area contributed by atoms with Gasteiger partial charge in [0, 0.05) is 6.04 Å². The highest BCUT2D eigenvalue weighted by atomic mass is 15.1. The number of nitrogens with zero attached hydrogens (tertiary/aromatic N) is 1. The Labute approximate surface area is 86.5 Å². The minimum atomic E-state index is 0.705. The van der Waals surface area contributed by atoms with Gasteiger partial charge >= 0.3 is 0 Å². The van der Waals surface area contributed by atoms with Crippen molar-refractivity contribution in [3.8, 4) is 0 Å². The third-order valence-electron chi connectivity index (χ3n) is 1.75. The quantitative estimate of drug-likeness (QED) is 0.641. The van der Waals surface area contributed by atoms with Gasteiger partial charge in [-0.1, -0.05) is 41.0 Å². The molecule has 0 saturated carbocycles. The number of unbranched alkanes of at least 4 members (excludes halogenated alkanes) is 1. The highest BCUT2D eigenvalue weighted by molar-refractivity contribution is 4.55. The van der Waals surface area contributed by atoms with E-state index in [4.69, 9.17) is 0 Å². The lowest BCUT2D eigenvalue weighted by Gasteiger charge is -2.19. The Bertz CT molecular complexity index is 60.1. The number of hydrogen-bond donors (Lipinski definition) is 0. The third-order valence-corrected chi connectivity index (χ3v) is 1.75. The molecule has 0 aromatic rings. The summed E-state index contributed by atoms with van der Waals surface area (Å²) in [7, 11) is 2.18. The first kappa shape index (κ1) is 18.7. The predicted octanol–water partition coefficient (Wildman–Crippen LogP) is 4.18. The second-order valence-corrected chi connectivity index (χ2v) is 2.93. The zero-order valence-corrected chi connectivity index (χ0v) is 11.1.